The van der Waals surface area contributed by atoms with Gasteiger partial charge in [-0.1, -0.05) is 18.2 Å². The molecule has 0 radical (unpaired) electrons. The van der Waals surface area contributed by atoms with E-state index in [0.29, 0.717) is 6.04 Å². The maximum absolute atomic E-state index is 4.51. The lowest BCUT2D eigenvalue weighted by atomic mass is 9.98. The van der Waals surface area contributed by atoms with Crippen molar-refractivity contribution in [2.45, 2.75) is 39.7 Å². The number of aryl methyl sites for hydroxylation is 3. The molecular weight excluding hydrogens is 350 g/mol. The van der Waals surface area contributed by atoms with Crippen LogP contribution in [0.3, 0.4) is 0 Å². The highest BCUT2D eigenvalue weighted by Crippen LogP contribution is 2.32. The molecule has 0 saturated carbocycles. The lowest BCUT2D eigenvalue weighted by molar-refractivity contribution is 0.245. The van der Waals surface area contributed by atoms with E-state index in [1.807, 2.05) is 0 Å². The van der Waals surface area contributed by atoms with Crippen molar-refractivity contribution in [1.29, 1.82) is 0 Å². The van der Waals surface area contributed by atoms with Crippen LogP contribution in [0.5, 0.6) is 0 Å². The zero-order valence-electron chi connectivity index (χ0n) is 16.9. The standard InChI is InChI=1S/C23H29N3.H2S/c1-16-11-20(12-17(2)24-16)13-19-9-10-26(15-19)18(3)23-14-21-7-5-6-8-22(21)25(23)4;/h5-8,11-12,14,18-19H,9-10,13,15H2,1-4H3;1H2. The van der Waals surface area contributed by atoms with Crippen LogP contribution in [0.4, 0.5) is 0 Å². The van der Waals surface area contributed by atoms with Gasteiger partial charge in [0.05, 0.1) is 0 Å². The molecule has 3 aromatic rings. The fourth-order valence-corrected chi connectivity index (χ4v) is 4.65. The third kappa shape index (κ3) is 4.07. The fraction of sp³-hybridized carbons (Fsp3) is 0.435. The molecule has 0 spiro atoms. The number of pyridine rings is 1. The third-order valence-corrected chi connectivity index (χ3v) is 5.95. The number of rotatable bonds is 4. The highest BCUT2D eigenvalue weighted by atomic mass is 32.1. The Labute approximate surface area is 169 Å². The van der Waals surface area contributed by atoms with Gasteiger partial charge < -0.3 is 4.57 Å². The number of nitrogens with zero attached hydrogens (tertiary/aromatic N) is 3. The largest absolute Gasteiger partial charge is 0.346 e. The second-order valence-corrected chi connectivity index (χ2v) is 7.97. The van der Waals surface area contributed by atoms with E-state index in [4.69, 9.17) is 0 Å². The Morgan fingerprint density at radius 1 is 1.11 bits per heavy atom. The second-order valence-electron chi connectivity index (χ2n) is 7.97. The summed E-state index contributed by atoms with van der Waals surface area (Å²) in [6, 6.07) is 16.0. The summed E-state index contributed by atoms with van der Waals surface area (Å²) in [5.74, 6) is 0.744. The summed E-state index contributed by atoms with van der Waals surface area (Å²) >= 11 is 0. The second kappa shape index (κ2) is 8.07. The molecule has 1 aliphatic rings. The van der Waals surface area contributed by atoms with Crippen LogP contribution in [0.25, 0.3) is 10.9 Å². The van der Waals surface area contributed by atoms with Crippen molar-refractivity contribution in [1.82, 2.24) is 14.5 Å². The minimum absolute atomic E-state index is 0. The summed E-state index contributed by atoms with van der Waals surface area (Å²) in [5, 5.41) is 1.34. The van der Waals surface area contributed by atoms with Crippen molar-refractivity contribution in [2.24, 2.45) is 13.0 Å². The fourth-order valence-electron chi connectivity index (χ4n) is 4.65. The molecular formula is C23H31N3S. The van der Waals surface area contributed by atoms with E-state index in [1.54, 1.807) is 0 Å². The van der Waals surface area contributed by atoms with Crippen molar-refractivity contribution in [3.63, 3.8) is 0 Å². The highest BCUT2D eigenvalue weighted by Gasteiger charge is 2.28. The molecule has 1 fully saturated rings. The number of aromatic nitrogens is 2. The Morgan fingerprint density at radius 3 is 2.52 bits per heavy atom. The zero-order chi connectivity index (χ0) is 18.3. The first kappa shape index (κ1) is 20.0. The van der Waals surface area contributed by atoms with Gasteiger partial charge >= 0.3 is 0 Å². The summed E-state index contributed by atoms with van der Waals surface area (Å²) in [6.07, 6.45) is 2.46. The highest BCUT2D eigenvalue weighted by molar-refractivity contribution is 7.59. The van der Waals surface area contributed by atoms with E-state index in [-0.39, 0.29) is 13.5 Å². The quantitative estimate of drug-likeness (QED) is 0.639. The number of fused-ring (bicyclic) bond motifs is 1. The Bertz CT molecular complexity index is 910. The van der Waals surface area contributed by atoms with Crippen LogP contribution in [0.15, 0.2) is 42.5 Å². The van der Waals surface area contributed by atoms with E-state index in [9.17, 15) is 0 Å². The van der Waals surface area contributed by atoms with Crippen molar-refractivity contribution < 1.29 is 0 Å². The number of para-hydroxylation sites is 1. The van der Waals surface area contributed by atoms with E-state index in [2.05, 4.69) is 84.7 Å². The number of likely N-dealkylation sites (tertiary alicyclic amines) is 1. The summed E-state index contributed by atoms with van der Waals surface area (Å²) in [6.45, 7) is 8.93. The number of benzene rings is 1. The van der Waals surface area contributed by atoms with Gasteiger partial charge in [-0.3, -0.25) is 9.88 Å². The molecule has 1 aromatic carbocycles. The predicted molar refractivity (Wildman–Crippen MR) is 119 cm³/mol. The molecule has 2 aromatic heterocycles. The number of hydrogen-bond donors (Lipinski definition) is 0. The van der Waals surface area contributed by atoms with Gasteiger partial charge in [-0.15, -0.1) is 0 Å². The van der Waals surface area contributed by atoms with E-state index in [1.165, 1.54) is 48.1 Å². The maximum atomic E-state index is 4.51. The molecule has 2 unspecified atom stereocenters. The summed E-state index contributed by atoms with van der Waals surface area (Å²) in [5.41, 5.74) is 6.46. The summed E-state index contributed by atoms with van der Waals surface area (Å²) < 4.78 is 2.36. The van der Waals surface area contributed by atoms with Gasteiger partial charge in [0.25, 0.3) is 0 Å². The SMILES string of the molecule is Cc1cc(CC2CCN(C(C)c3cc4ccccc4n3C)C2)cc(C)n1.S. The van der Waals surface area contributed by atoms with Crippen LogP contribution in [-0.4, -0.2) is 27.5 Å². The Hall–Kier alpha value is -1.78. The first-order valence-corrected chi connectivity index (χ1v) is 9.74. The molecule has 0 bridgehead atoms. The zero-order valence-corrected chi connectivity index (χ0v) is 17.9. The van der Waals surface area contributed by atoms with E-state index in [0.717, 1.165) is 17.3 Å². The predicted octanol–water partition coefficient (Wildman–Crippen LogP) is 4.93. The van der Waals surface area contributed by atoms with Crippen LogP contribution in [-0.2, 0) is 13.5 Å². The van der Waals surface area contributed by atoms with Gasteiger partial charge in [0.15, 0.2) is 0 Å². The van der Waals surface area contributed by atoms with Crippen LogP contribution >= 0.6 is 13.5 Å². The van der Waals surface area contributed by atoms with Gasteiger partial charge in [-0.05, 0) is 81.3 Å². The average Bonchev–Trinajstić information content (AvgIpc) is 3.19. The van der Waals surface area contributed by atoms with Crippen molar-refractivity contribution in [3.8, 4) is 0 Å². The van der Waals surface area contributed by atoms with Crippen LogP contribution in [0.1, 0.15) is 42.0 Å². The molecule has 1 aliphatic heterocycles. The monoisotopic (exact) mass is 381 g/mol. The van der Waals surface area contributed by atoms with Crippen LogP contribution in [0.2, 0.25) is 0 Å². The lowest BCUT2D eigenvalue weighted by Crippen LogP contribution is -2.26. The molecule has 27 heavy (non-hydrogen) atoms. The maximum Gasteiger partial charge on any atom is 0.0480 e. The molecule has 3 heterocycles. The summed E-state index contributed by atoms with van der Waals surface area (Å²) in [7, 11) is 2.20. The van der Waals surface area contributed by atoms with Crippen molar-refractivity contribution in [2.75, 3.05) is 13.1 Å². The smallest absolute Gasteiger partial charge is 0.0480 e. The third-order valence-electron chi connectivity index (χ3n) is 5.95. The minimum atomic E-state index is 0. The molecule has 4 rings (SSSR count). The topological polar surface area (TPSA) is 21.1 Å². The Kier molecular flexibility index (Phi) is 5.97. The van der Waals surface area contributed by atoms with Crippen LogP contribution in [0, 0.1) is 19.8 Å². The molecule has 144 valence electrons. The molecule has 0 aliphatic carbocycles. The van der Waals surface area contributed by atoms with Gasteiger partial charge in [0, 0.05) is 42.2 Å². The number of hydrogen-bond acceptors (Lipinski definition) is 2. The molecule has 2 atom stereocenters. The van der Waals surface area contributed by atoms with Gasteiger partial charge in [-0.25, -0.2) is 0 Å². The van der Waals surface area contributed by atoms with E-state index < -0.39 is 0 Å². The molecule has 4 heteroatoms. The van der Waals surface area contributed by atoms with Crippen LogP contribution < -0.4 is 0 Å². The first-order valence-electron chi connectivity index (χ1n) is 9.74. The lowest BCUT2D eigenvalue weighted by Gasteiger charge is -2.25. The summed E-state index contributed by atoms with van der Waals surface area (Å²) in [4.78, 5) is 7.16. The molecule has 0 N–H and O–H groups in total. The normalized spacial score (nSPS) is 18.6. The average molecular weight is 382 g/mol. The van der Waals surface area contributed by atoms with Crippen molar-refractivity contribution in [3.05, 3.63) is 65.1 Å². The minimum Gasteiger partial charge on any atom is -0.346 e. The Morgan fingerprint density at radius 2 is 1.81 bits per heavy atom. The van der Waals surface area contributed by atoms with Gasteiger partial charge in [0.1, 0.15) is 0 Å². The first-order chi connectivity index (χ1) is 12.5. The van der Waals surface area contributed by atoms with E-state index >= 15 is 0 Å². The molecule has 0 amide bonds. The van der Waals surface area contributed by atoms with Gasteiger partial charge in [-0.2, -0.15) is 13.5 Å². The molecule has 1 saturated heterocycles. The van der Waals surface area contributed by atoms with Gasteiger partial charge in [0.2, 0.25) is 0 Å². The molecule has 3 nitrogen and oxygen atoms in total. The van der Waals surface area contributed by atoms with Crippen molar-refractivity contribution >= 4 is 24.4 Å². The Balaban J connectivity index is 0.00000210.